The highest BCUT2D eigenvalue weighted by Gasteiger charge is 2.28. The Morgan fingerprint density at radius 1 is 1.29 bits per heavy atom. The van der Waals surface area contributed by atoms with Gasteiger partial charge in [0.15, 0.2) is 0 Å². The molecule has 0 aromatic heterocycles. The number of hydrogen-bond acceptors (Lipinski definition) is 3. The Bertz CT molecular complexity index is 546. The monoisotopic (exact) mass is 369 g/mol. The van der Waals surface area contributed by atoms with E-state index in [0.29, 0.717) is 5.56 Å². The van der Waals surface area contributed by atoms with E-state index in [0.717, 1.165) is 11.0 Å². The lowest BCUT2D eigenvalue weighted by molar-refractivity contribution is -0.128. The Hall–Kier alpha value is -1.61. The molecule has 1 rings (SSSR count). The summed E-state index contributed by atoms with van der Waals surface area (Å²) in [6.07, 6.45) is -0.211. The number of carbonyl (C=O) groups is 1. The molecule has 0 heterocycles. The average molecular weight is 369 g/mol. The molecule has 134 valence electrons. The van der Waals surface area contributed by atoms with E-state index in [9.17, 15) is 26.7 Å². The molecule has 9 heteroatoms. The van der Waals surface area contributed by atoms with Crippen LogP contribution in [0.5, 0.6) is 0 Å². The summed E-state index contributed by atoms with van der Waals surface area (Å²) in [7, 11) is 1.39. The van der Waals surface area contributed by atoms with Gasteiger partial charge in [-0.05, 0) is 35.5 Å². The molecule has 0 atom stereocenters. The van der Waals surface area contributed by atoms with Gasteiger partial charge >= 0.3 is 5.51 Å². The minimum atomic E-state index is -4.37. The van der Waals surface area contributed by atoms with Crippen LogP contribution in [-0.4, -0.2) is 49.5 Å². The van der Waals surface area contributed by atoms with Gasteiger partial charge in [0.2, 0.25) is 5.91 Å². The van der Waals surface area contributed by atoms with E-state index in [1.54, 1.807) is 0 Å². The topological polar surface area (TPSA) is 29.5 Å². The molecule has 0 saturated heterocycles. The van der Waals surface area contributed by atoms with E-state index in [1.165, 1.54) is 37.5 Å². The van der Waals surface area contributed by atoms with Crippen molar-refractivity contribution in [2.75, 3.05) is 26.8 Å². The Morgan fingerprint density at radius 3 is 2.42 bits per heavy atom. The first-order chi connectivity index (χ1) is 11.2. The molecule has 0 aliphatic rings. The molecular formula is C15H16F5NO2S. The van der Waals surface area contributed by atoms with Crippen molar-refractivity contribution in [2.45, 2.75) is 16.8 Å². The predicted octanol–water partition coefficient (Wildman–Crippen LogP) is 4.05. The summed E-state index contributed by atoms with van der Waals surface area (Å²) in [4.78, 5) is 12.9. The normalized spacial score (nSPS) is 12.1. The SMILES string of the molecule is COCCN(CC(F)F)C(=O)/C=C/c1ccc(SC(F)(F)F)cc1. The molecule has 0 aliphatic carbocycles. The third-order valence-corrected chi connectivity index (χ3v) is 3.51. The van der Waals surface area contributed by atoms with Crippen LogP contribution < -0.4 is 0 Å². The van der Waals surface area contributed by atoms with Crippen molar-refractivity contribution in [3.63, 3.8) is 0 Å². The minimum absolute atomic E-state index is 0.0189. The quantitative estimate of drug-likeness (QED) is 0.393. The zero-order valence-corrected chi connectivity index (χ0v) is 13.5. The standard InChI is InChI=1S/C15H16F5NO2S/c1-23-9-8-21(10-13(16)17)14(22)7-4-11-2-5-12(6-3-11)24-15(18,19)20/h2-7,13H,8-10H2,1H3/b7-4+. The smallest absolute Gasteiger partial charge is 0.383 e. The number of alkyl halides is 5. The van der Waals surface area contributed by atoms with Crippen LogP contribution in [0.3, 0.4) is 0 Å². The maximum Gasteiger partial charge on any atom is 0.446 e. The van der Waals surface area contributed by atoms with Crippen LogP contribution in [-0.2, 0) is 9.53 Å². The van der Waals surface area contributed by atoms with E-state index in [1.807, 2.05) is 0 Å². The number of ether oxygens (including phenoxy) is 1. The first-order valence-corrected chi connectivity index (χ1v) is 7.63. The molecule has 0 aliphatic heterocycles. The molecule has 0 bridgehead atoms. The second-order valence-corrected chi connectivity index (χ2v) is 5.76. The summed E-state index contributed by atoms with van der Waals surface area (Å²) in [6, 6.07) is 5.35. The van der Waals surface area contributed by atoms with Gasteiger partial charge in [-0.2, -0.15) is 13.2 Å². The van der Waals surface area contributed by atoms with Crippen molar-refractivity contribution < 1.29 is 31.5 Å². The van der Waals surface area contributed by atoms with Gasteiger partial charge in [-0.15, -0.1) is 0 Å². The number of thioether (sulfide) groups is 1. The molecular weight excluding hydrogens is 353 g/mol. The summed E-state index contributed by atoms with van der Waals surface area (Å²) in [5.74, 6) is -0.624. The molecule has 0 unspecified atom stereocenters. The lowest BCUT2D eigenvalue weighted by Crippen LogP contribution is -2.36. The molecule has 1 amide bonds. The number of carbonyl (C=O) groups excluding carboxylic acids is 1. The highest BCUT2D eigenvalue weighted by molar-refractivity contribution is 8.00. The van der Waals surface area contributed by atoms with Crippen LogP contribution >= 0.6 is 11.8 Å². The zero-order chi connectivity index (χ0) is 18.2. The van der Waals surface area contributed by atoms with Gasteiger partial charge in [-0.3, -0.25) is 4.79 Å². The van der Waals surface area contributed by atoms with Crippen LogP contribution in [0.4, 0.5) is 22.0 Å². The molecule has 1 aromatic carbocycles. The molecule has 0 radical (unpaired) electrons. The number of amides is 1. The summed E-state index contributed by atoms with van der Waals surface area (Å²) in [6.45, 7) is -0.575. The lowest BCUT2D eigenvalue weighted by atomic mass is 10.2. The first kappa shape index (κ1) is 20.4. The van der Waals surface area contributed by atoms with E-state index in [2.05, 4.69) is 0 Å². The fraction of sp³-hybridized carbons (Fsp3) is 0.400. The average Bonchev–Trinajstić information content (AvgIpc) is 2.48. The van der Waals surface area contributed by atoms with Gasteiger partial charge in [0.05, 0.1) is 13.2 Å². The third kappa shape index (κ3) is 8.30. The first-order valence-electron chi connectivity index (χ1n) is 6.81. The summed E-state index contributed by atoms with van der Waals surface area (Å²) in [5, 5.41) is 0. The molecule has 1 aromatic rings. The zero-order valence-electron chi connectivity index (χ0n) is 12.7. The molecule has 0 fully saturated rings. The molecule has 0 spiro atoms. The third-order valence-electron chi connectivity index (χ3n) is 2.77. The van der Waals surface area contributed by atoms with Crippen molar-refractivity contribution in [3.8, 4) is 0 Å². The van der Waals surface area contributed by atoms with Crippen molar-refractivity contribution in [1.29, 1.82) is 0 Å². The number of hydrogen-bond donors (Lipinski definition) is 0. The Kier molecular flexibility index (Phi) is 8.20. The van der Waals surface area contributed by atoms with Crippen molar-refractivity contribution in [3.05, 3.63) is 35.9 Å². The van der Waals surface area contributed by atoms with Gasteiger partial charge in [0.1, 0.15) is 0 Å². The highest BCUT2D eigenvalue weighted by atomic mass is 32.2. The van der Waals surface area contributed by atoms with Gasteiger partial charge in [-0.25, -0.2) is 8.78 Å². The number of nitrogens with zero attached hydrogens (tertiary/aromatic N) is 1. The van der Waals surface area contributed by atoms with E-state index in [4.69, 9.17) is 4.74 Å². The minimum Gasteiger partial charge on any atom is -0.383 e. The van der Waals surface area contributed by atoms with Crippen LogP contribution in [0.25, 0.3) is 6.08 Å². The van der Waals surface area contributed by atoms with Crippen LogP contribution in [0.15, 0.2) is 35.2 Å². The van der Waals surface area contributed by atoms with E-state index < -0.39 is 24.4 Å². The summed E-state index contributed by atoms with van der Waals surface area (Å²) >= 11 is -0.242. The van der Waals surface area contributed by atoms with Crippen LogP contribution in [0.2, 0.25) is 0 Å². The fourth-order valence-electron chi connectivity index (χ4n) is 1.71. The summed E-state index contributed by atoms with van der Waals surface area (Å²) < 4.78 is 66.3. The van der Waals surface area contributed by atoms with Crippen LogP contribution in [0, 0.1) is 0 Å². The lowest BCUT2D eigenvalue weighted by Gasteiger charge is -2.20. The maximum atomic E-state index is 12.5. The largest absolute Gasteiger partial charge is 0.446 e. The Labute approximate surface area is 140 Å². The van der Waals surface area contributed by atoms with Gasteiger partial charge in [-0.1, -0.05) is 12.1 Å². The predicted molar refractivity (Wildman–Crippen MR) is 81.8 cm³/mol. The number of benzene rings is 1. The second-order valence-electron chi connectivity index (χ2n) is 4.62. The summed E-state index contributed by atoms with van der Waals surface area (Å²) in [5.41, 5.74) is -3.89. The Morgan fingerprint density at radius 2 is 1.92 bits per heavy atom. The van der Waals surface area contributed by atoms with Crippen LogP contribution in [0.1, 0.15) is 5.56 Å². The Balaban J connectivity index is 2.69. The number of methoxy groups -OCH3 is 1. The highest BCUT2D eigenvalue weighted by Crippen LogP contribution is 2.36. The molecule has 0 saturated carbocycles. The van der Waals surface area contributed by atoms with Gasteiger partial charge < -0.3 is 9.64 Å². The van der Waals surface area contributed by atoms with E-state index in [-0.39, 0.29) is 29.8 Å². The fourth-order valence-corrected chi connectivity index (χ4v) is 2.25. The van der Waals surface area contributed by atoms with Gasteiger partial charge in [0.25, 0.3) is 6.43 Å². The van der Waals surface area contributed by atoms with E-state index >= 15 is 0 Å². The molecule has 0 N–H and O–H groups in total. The number of halogens is 5. The maximum absolute atomic E-state index is 12.5. The second kappa shape index (κ2) is 9.63. The number of rotatable bonds is 8. The van der Waals surface area contributed by atoms with Crippen molar-refractivity contribution in [2.24, 2.45) is 0 Å². The molecule has 3 nitrogen and oxygen atoms in total. The van der Waals surface area contributed by atoms with Crippen molar-refractivity contribution in [1.82, 2.24) is 4.90 Å². The van der Waals surface area contributed by atoms with Gasteiger partial charge in [0, 0.05) is 24.6 Å². The van der Waals surface area contributed by atoms with Crippen molar-refractivity contribution >= 4 is 23.7 Å². The molecule has 24 heavy (non-hydrogen) atoms.